The predicted molar refractivity (Wildman–Crippen MR) is 144 cm³/mol. The highest BCUT2D eigenvalue weighted by Gasteiger charge is 2.58. The molecule has 1 unspecified atom stereocenters. The van der Waals surface area contributed by atoms with E-state index in [1.165, 1.54) is 4.90 Å². The van der Waals surface area contributed by atoms with E-state index in [9.17, 15) is 22.8 Å². The van der Waals surface area contributed by atoms with Crippen LogP contribution in [0.25, 0.3) is 5.70 Å². The molecule has 2 amide bonds. The van der Waals surface area contributed by atoms with Gasteiger partial charge in [-0.05, 0) is 13.0 Å². The Balaban J connectivity index is 1.34. The molecular weight excluding hydrogens is 563 g/mol. The minimum atomic E-state index is -4.68. The summed E-state index contributed by atoms with van der Waals surface area (Å²) in [4.78, 5) is 29.0. The first-order valence-corrected chi connectivity index (χ1v) is 13.2. The summed E-state index contributed by atoms with van der Waals surface area (Å²) >= 11 is 0.431. The van der Waals surface area contributed by atoms with Gasteiger partial charge in [-0.1, -0.05) is 65.4 Å². The Labute approximate surface area is 235 Å². The van der Waals surface area contributed by atoms with Crippen LogP contribution in [0.1, 0.15) is 23.9 Å². The van der Waals surface area contributed by atoms with Gasteiger partial charge in [0.1, 0.15) is 17.3 Å². The number of hydrogen-bond acceptors (Lipinski definition) is 10. The van der Waals surface area contributed by atoms with Crippen LogP contribution >= 0.6 is 11.8 Å². The first-order valence-electron chi connectivity index (χ1n) is 12.4. The smallest absolute Gasteiger partial charge is 0.402 e. The zero-order valence-electron chi connectivity index (χ0n) is 21.4. The Bertz CT molecular complexity index is 1580. The Morgan fingerprint density at radius 2 is 1.85 bits per heavy atom. The molecule has 0 saturated carbocycles. The number of benzodiazepines with no additional fused rings is 1. The van der Waals surface area contributed by atoms with Gasteiger partial charge < -0.3 is 30.0 Å². The molecule has 2 aromatic carbocycles. The van der Waals surface area contributed by atoms with Crippen LogP contribution in [0.4, 0.5) is 24.9 Å². The Hall–Kier alpha value is -4.37. The van der Waals surface area contributed by atoms with Crippen LogP contribution in [0.5, 0.6) is 0 Å². The van der Waals surface area contributed by atoms with Gasteiger partial charge in [0.2, 0.25) is 6.17 Å². The topological polar surface area (TPSA) is 134 Å². The number of alkyl halides is 3. The molecule has 3 N–H and O–H groups in total. The molecule has 0 aliphatic carbocycles. The third kappa shape index (κ3) is 5.02. The molecule has 15 heteroatoms. The monoisotopic (exact) mass is 585 g/mol. The number of aromatic nitrogens is 2. The van der Waals surface area contributed by atoms with Crippen molar-refractivity contribution in [3.63, 3.8) is 0 Å². The van der Waals surface area contributed by atoms with E-state index in [2.05, 4.69) is 31.1 Å². The van der Waals surface area contributed by atoms with Gasteiger partial charge in [-0.15, -0.1) is 5.10 Å². The Morgan fingerprint density at radius 1 is 1.10 bits per heavy atom. The second kappa shape index (κ2) is 10.2. The van der Waals surface area contributed by atoms with E-state index >= 15 is 0 Å². The van der Waals surface area contributed by atoms with Gasteiger partial charge in [-0.25, -0.2) is 4.99 Å². The minimum absolute atomic E-state index is 0.0135. The maximum Gasteiger partial charge on any atom is 0.421 e. The largest absolute Gasteiger partial charge is 0.421 e. The van der Waals surface area contributed by atoms with E-state index in [1.807, 2.05) is 42.5 Å². The van der Waals surface area contributed by atoms with E-state index in [0.29, 0.717) is 28.7 Å². The molecule has 1 aromatic heterocycles. The molecule has 3 aliphatic rings. The summed E-state index contributed by atoms with van der Waals surface area (Å²) in [6.45, 7) is 0.902. The number of nitrogens with zero attached hydrogens (tertiary/aromatic N) is 4. The van der Waals surface area contributed by atoms with Crippen molar-refractivity contribution in [2.75, 3.05) is 30.4 Å². The molecule has 11 nitrogen and oxygen atoms in total. The lowest BCUT2D eigenvalue weighted by atomic mass is 10.0. The molecule has 3 aromatic rings. The SMILES string of the molecule is CC1(C(F)(F)F)NC(c2nnc(N[C@H]3N=C(c4ccccc4)c4ccccc4NC3=O)o2)=C(N2CCOCC2=O)S1. The van der Waals surface area contributed by atoms with E-state index in [0.717, 1.165) is 12.5 Å². The molecule has 1 fully saturated rings. The van der Waals surface area contributed by atoms with Crippen LogP contribution in [-0.4, -0.2) is 69.6 Å². The molecule has 0 spiro atoms. The van der Waals surface area contributed by atoms with Crippen molar-refractivity contribution >= 4 is 46.7 Å². The molecule has 1 saturated heterocycles. The van der Waals surface area contributed by atoms with Crippen molar-refractivity contribution in [2.45, 2.75) is 24.1 Å². The van der Waals surface area contributed by atoms with Crippen LogP contribution in [0, 0.1) is 0 Å². The third-order valence-electron chi connectivity index (χ3n) is 6.54. The second-order valence-electron chi connectivity index (χ2n) is 9.37. The number of ether oxygens (including phenoxy) is 1. The predicted octanol–water partition coefficient (Wildman–Crippen LogP) is 3.40. The van der Waals surface area contributed by atoms with Gasteiger partial charge in [0.25, 0.3) is 17.7 Å². The van der Waals surface area contributed by atoms with Crippen molar-refractivity contribution in [3.05, 3.63) is 76.6 Å². The van der Waals surface area contributed by atoms with Gasteiger partial charge in [-0.3, -0.25) is 9.59 Å². The fourth-order valence-corrected chi connectivity index (χ4v) is 5.64. The molecule has 0 radical (unpaired) electrons. The quantitative estimate of drug-likeness (QED) is 0.412. The zero-order valence-corrected chi connectivity index (χ0v) is 22.2. The maximum atomic E-state index is 14.0. The summed E-state index contributed by atoms with van der Waals surface area (Å²) in [6.07, 6.45) is -5.90. The van der Waals surface area contributed by atoms with Gasteiger partial charge in [0, 0.05) is 17.7 Å². The molecule has 6 rings (SSSR count). The third-order valence-corrected chi connectivity index (χ3v) is 7.90. The minimum Gasteiger partial charge on any atom is -0.402 e. The summed E-state index contributed by atoms with van der Waals surface area (Å²) in [6, 6.07) is 16.2. The average molecular weight is 586 g/mol. The number of para-hydroxylation sites is 1. The van der Waals surface area contributed by atoms with Crippen molar-refractivity contribution in [3.8, 4) is 0 Å². The highest BCUT2D eigenvalue weighted by atomic mass is 32.2. The summed E-state index contributed by atoms with van der Waals surface area (Å²) < 4.78 is 52.8. The second-order valence-corrected chi connectivity index (χ2v) is 10.8. The highest BCUT2D eigenvalue weighted by molar-refractivity contribution is 8.04. The highest BCUT2D eigenvalue weighted by Crippen LogP contribution is 2.51. The number of carbonyl (C=O) groups excluding carboxylic acids is 2. The standard InChI is InChI=1S/C26H22F3N7O4S/c1-25(26(27,28)29)33-19(23(41-25)36-11-12-39-13-17(36)37)22-34-35-24(40-22)32-20-21(38)30-16-10-6-5-9-15(16)18(31-20)14-7-3-2-4-8-14/h2-10,20,33H,11-13H2,1H3,(H,30,38)(H,32,35)/t20-,25?/m1/s1. The zero-order chi connectivity index (χ0) is 28.8. The number of nitrogens with one attached hydrogen (secondary N) is 3. The van der Waals surface area contributed by atoms with Crippen LogP contribution in [0.2, 0.25) is 0 Å². The number of aliphatic imine (C=N–C) groups is 1. The molecule has 212 valence electrons. The number of fused-ring (bicyclic) bond motifs is 1. The lowest BCUT2D eigenvalue weighted by Crippen LogP contribution is -2.48. The van der Waals surface area contributed by atoms with Crippen LogP contribution in [-0.2, 0) is 14.3 Å². The van der Waals surface area contributed by atoms with Gasteiger partial charge >= 0.3 is 12.2 Å². The number of halogens is 3. The number of amides is 2. The normalized spacial score (nSPS) is 23.0. The van der Waals surface area contributed by atoms with Crippen molar-refractivity contribution in [1.82, 2.24) is 20.4 Å². The van der Waals surface area contributed by atoms with Crippen molar-refractivity contribution in [2.24, 2.45) is 4.99 Å². The van der Waals surface area contributed by atoms with Crippen LogP contribution in [0.15, 0.2) is 69.0 Å². The molecule has 3 aliphatic heterocycles. The number of thioether (sulfide) groups is 1. The summed E-state index contributed by atoms with van der Waals surface area (Å²) in [7, 11) is 0. The number of morpholine rings is 1. The summed E-state index contributed by atoms with van der Waals surface area (Å²) in [5.41, 5.74) is 2.39. The van der Waals surface area contributed by atoms with Crippen molar-refractivity contribution < 1.29 is 31.9 Å². The summed E-state index contributed by atoms with van der Waals surface area (Å²) in [5, 5.41) is 15.8. The van der Waals surface area contributed by atoms with Gasteiger partial charge in [0.15, 0.2) is 4.87 Å². The van der Waals surface area contributed by atoms with Gasteiger partial charge in [0.05, 0.1) is 18.0 Å². The lowest BCUT2D eigenvalue weighted by Gasteiger charge is -2.30. The Kier molecular flexibility index (Phi) is 6.69. The molecule has 41 heavy (non-hydrogen) atoms. The van der Waals surface area contributed by atoms with E-state index < -0.39 is 29.0 Å². The molecule has 2 atom stereocenters. The molecule has 0 bridgehead atoms. The number of benzene rings is 2. The van der Waals surface area contributed by atoms with E-state index in [1.54, 1.807) is 12.1 Å². The van der Waals surface area contributed by atoms with Crippen LogP contribution < -0.4 is 16.0 Å². The number of rotatable bonds is 5. The van der Waals surface area contributed by atoms with Crippen LogP contribution in [0.3, 0.4) is 0 Å². The van der Waals surface area contributed by atoms with Gasteiger partial charge in [-0.2, -0.15) is 13.2 Å². The fraction of sp³-hybridized carbons (Fsp3) is 0.269. The Morgan fingerprint density at radius 3 is 2.61 bits per heavy atom. The number of carbonyl (C=O) groups is 2. The lowest BCUT2D eigenvalue weighted by molar-refractivity contribution is -0.158. The first-order chi connectivity index (χ1) is 19.6. The van der Waals surface area contributed by atoms with E-state index in [4.69, 9.17) is 9.15 Å². The molecule has 4 heterocycles. The number of anilines is 2. The fourth-order valence-electron chi connectivity index (χ4n) is 4.44. The first kappa shape index (κ1) is 26.8. The maximum absolute atomic E-state index is 14.0. The number of hydrogen-bond donors (Lipinski definition) is 3. The summed E-state index contributed by atoms with van der Waals surface area (Å²) in [5.74, 6) is -1.31. The average Bonchev–Trinajstić information content (AvgIpc) is 3.53. The van der Waals surface area contributed by atoms with Crippen molar-refractivity contribution in [1.29, 1.82) is 0 Å². The van der Waals surface area contributed by atoms with E-state index in [-0.39, 0.29) is 42.4 Å². The molecular formula is C26H22F3N7O4S.